The molecule has 0 amide bonds. The Balaban J connectivity index is 1.16. The summed E-state index contributed by atoms with van der Waals surface area (Å²) in [5, 5.41) is 9.99. The van der Waals surface area contributed by atoms with Crippen molar-refractivity contribution >= 4 is 5.97 Å². The zero-order chi connectivity index (χ0) is 28.2. The SMILES string of the molecule is COc1cc(F)cc(F)c1CCCC1CCN(CC2CN(C(CC3CC3)C(=O)O)CC2c2cccc(F)c2)CC1. The molecule has 0 radical (unpaired) electrons. The minimum absolute atomic E-state index is 0.107. The Bertz CT molecular complexity index is 1170. The number of aliphatic carboxylic acids is 1. The molecule has 5 rings (SSSR count). The highest BCUT2D eigenvalue weighted by atomic mass is 19.1. The fourth-order valence-electron chi connectivity index (χ4n) is 6.90. The van der Waals surface area contributed by atoms with Crippen molar-refractivity contribution in [2.24, 2.45) is 17.8 Å². The molecule has 1 aliphatic carbocycles. The van der Waals surface area contributed by atoms with Crippen LogP contribution in [0.3, 0.4) is 0 Å². The second-order valence-electron chi connectivity index (χ2n) is 12.1. The van der Waals surface area contributed by atoms with E-state index in [2.05, 4.69) is 9.80 Å². The summed E-state index contributed by atoms with van der Waals surface area (Å²) in [5.41, 5.74) is 1.40. The topological polar surface area (TPSA) is 53.0 Å². The summed E-state index contributed by atoms with van der Waals surface area (Å²) < 4.78 is 47.1. The third kappa shape index (κ3) is 7.19. The molecule has 2 saturated heterocycles. The lowest BCUT2D eigenvalue weighted by atomic mass is 9.86. The fourth-order valence-corrected chi connectivity index (χ4v) is 6.90. The average molecular weight is 559 g/mol. The summed E-state index contributed by atoms with van der Waals surface area (Å²) in [6, 6.07) is 8.50. The Hall–Kier alpha value is -2.58. The molecule has 8 heteroatoms. The molecule has 3 unspecified atom stereocenters. The first-order chi connectivity index (χ1) is 19.3. The van der Waals surface area contributed by atoms with E-state index < -0.39 is 23.6 Å². The quantitative estimate of drug-likeness (QED) is 0.340. The van der Waals surface area contributed by atoms with Gasteiger partial charge in [0.25, 0.3) is 0 Å². The molecule has 0 aromatic heterocycles. The lowest BCUT2D eigenvalue weighted by Gasteiger charge is -2.35. The number of rotatable bonds is 12. The minimum atomic E-state index is -0.746. The molecule has 0 spiro atoms. The summed E-state index contributed by atoms with van der Waals surface area (Å²) in [6.45, 7) is 4.18. The highest BCUT2D eigenvalue weighted by Gasteiger charge is 2.42. The summed E-state index contributed by atoms with van der Waals surface area (Å²) in [6.07, 6.45) is 7.39. The van der Waals surface area contributed by atoms with Gasteiger partial charge in [0.15, 0.2) is 0 Å². The van der Waals surface area contributed by atoms with Gasteiger partial charge in [0.05, 0.1) is 7.11 Å². The molecule has 0 bridgehead atoms. The van der Waals surface area contributed by atoms with Gasteiger partial charge in [0, 0.05) is 43.2 Å². The molecule has 2 heterocycles. The van der Waals surface area contributed by atoms with Crippen molar-refractivity contribution in [1.82, 2.24) is 9.80 Å². The van der Waals surface area contributed by atoms with Crippen molar-refractivity contribution in [3.63, 3.8) is 0 Å². The van der Waals surface area contributed by atoms with Crippen LogP contribution in [-0.4, -0.2) is 66.8 Å². The predicted molar refractivity (Wildman–Crippen MR) is 148 cm³/mol. The summed E-state index contributed by atoms with van der Waals surface area (Å²) >= 11 is 0. The van der Waals surface area contributed by atoms with Crippen LogP contribution in [0.4, 0.5) is 13.2 Å². The molecule has 2 aromatic carbocycles. The van der Waals surface area contributed by atoms with Gasteiger partial charge in [-0.05, 0) is 80.6 Å². The molecule has 40 heavy (non-hydrogen) atoms. The number of hydrogen-bond donors (Lipinski definition) is 1. The number of nitrogens with zero attached hydrogens (tertiary/aromatic N) is 2. The van der Waals surface area contributed by atoms with Crippen LogP contribution in [0, 0.1) is 35.2 Å². The molecular formula is C32H41F3N2O3. The highest BCUT2D eigenvalue weighted by molar-refractivity contribution is 5.73. The van der Waals surface area contributed by atoms with E-state index in [4.69, 9.17) is 4.74 Å². The maximum absolute atomic E-state index is 14.3. The van der Waals surface area contributed by atoms with E-state index in [-0.39, 0.29) is 23.4 Å². The molecule has 3 fully saturated rings. The zero-order valence-electron chi connectivity index (χ0n) is 23.3. The van der Waals surface area contributed by atoms with Crippen LogP contribution in [0.15, 0.2) is 36.4 Å². The van der Waals surface area contributed by atoms with Crippen LogP contribution in [0.5, 0.6) is 5.75 Å². The first kappa shape index (κ1) is 28.9. The smallest absolute Gasteiger partial charge is 0.320 e. The van der Waals surface area contributed by atoms with Crippen molar-refractivity contribution < 1.29 is 27.8 Å². The van der Waals surface area contributed by atoms with Crippen molar-refractivity contribution in [1.29, 1.82) is 0 Å². The van der Waals surface area contributed by atoms with Crippen LogP contribution < -0.4 is 4.74 Å². The molecular weight excluding hydrogens is 517 g/mol. The Morgan fingerprint density at radius 2 is 1.80 bits per heavy atom. The number of methoxy groups -OCH3 is 1. The summed E-state index contributed by atoms with van der Waals surface area (Å²) in [4.78, 5) is 16.8. The zero-order valence-corrected chi connectivity index (χ0v) is 23.3. The molecule has 3 aliphatic rings. The van der Waals surface area contributed by atoms with Gasteiger partial charge in [0.1, 0.15) is 29.2 Å². The molecule has 5 nitrogen and oxygen atoms in total. The van der Waals surface area contributed by atoms with Gasteiger partial charge in [0.2, 0.25) is 0 Å². The van der Waals surface area contributed by atoms with Gasteiger partial charge < -0.3 is 14.7 Å². The number of carboxylic acids is 1. The third-order valence-corrected chi connectivity index (χ3v) is 9.30. The molecule has 2 aliphatic heterocycles. The van der Waals surface area contributed by atoms with E-state index >= 15 is 0 Å². The largest absolute Gasteiger partial charge is 0.496 e. The predicted octanol–water partition coefficient (Wildman–Crippen LogP) is 6.12. The number of carbonyl (C=O) groups is 1. The van der Waals surface area contributed by atoms with Crippen LogP contribution in [-0.2, 0) is 11.2 Å². The van der Waals surface area contributed by atoms with E-state index in [1.165, 1.54) is 19.2 Å². The van der Waals surface area contributed by atoms with E-state index in [1.807, 2.05) is 6.07 Å². The van der Waals surface area contributed by atoms with Crippen molar-refractivity contribution in [3.05, 3.63) is 65.0 Å². The van der Waals surface area contributed by atoms with E-state index in [0.29, 0.717) is 36.8 Å². The van der Waals surface area contributed by atoms with Crippen LogP contribution in [0.2, 0.25) is 0 Å². The van der Waals surface area contributed by atoms with Gasteiger partial charge in [-0.3, -0.25) is 9.69 Å². The second-order valence-corrected chi connectivity index (χ2v) is 12.1. The summed E-state index contributed by atoms with van der Waals surface area (Å²) in [7, 11) is 1.44. The molecule has 1 N–H and O–H groups in total. The Morgan fingerprint density at radius 1 is 1.02 bits per heavy atom. The van der Waals surface area contributed by atoms with Gasteiger partial charge in [-0.2, -0.15) is 0 Å². The van der Waals surface area contributed by atoms with Gasteiger partial charge >= 0.3 is 5.97 Å². The second kappa shape index (κ2) is 12.9. The molecule has 2 aromatic rings. The maximum atomic E-state index is 14.3. The number of halogens is 3. The van der Waals surface area contributed by atoms with E-state index in [1.54, 1.807) is 12.1 Å². The monoisotopic (exact) mass is 558 g/mol. The minimum Gasteiger partial charge on any atom is -0.496 e. The van der Waals surface area contributed by atoms with Crippen molar-refractivity contribution in [3.8, 4) is 5.75 Å². The maximum Gasteiger partial charge on any atom is 0.320 e. The standard InChI is InChI=1S/C32H41F3N2O3/c1-40-31-17-26(34)16-29(35)27(31)7-2-4-21-10-12-36(13-11-21)18-24-19-37(30(32(38)39)14-22-8-9-22)20-28(24)23-5-3-6-25(33)15-23/h3,5-6,15-17,21-22,24,28,30H,2,4,7-14,18-20H2,1H3,(H,38,39). The molecule has 1 saturated carbocycles. The fraction of sp³-hybridized carbons (Fsp3) is 0.594. The van der Waals surface area contributed by atoms with E-state index in [0.717, 1.165) is 76.3 Å². The average Bonchev–Trinajstić information content (AvgIpc) is 3.66. The third-order valence-electron chi connectivity index (χ3n) is 9.30. The number of hydrogen-bond acceptors (Lipinski definition) is 4. The van der Waals surface area contributed by atoms with Crippen molar-refractivity contribution in [2.45, 2.75) is 63.3 Å². The number of carboxylic acid groups (broad SMARTS) is 1. The highest BCUT2D eigenvalue weighted by Crippen LogP contribution is 2.40. The van der Waals surface area contributed by atoms with Gasteiger partial charge in [-0.25, -0.2) is 13.2 Å². The number of ether oxygens (including phenoxy) is 1. The lowest BCUT2D eigenvalue weighted by molar-refractivity contribution is -0.143. The molecule has 218 valence electrons. The van der Waals surface area contributed by atoms with Crippen molar-refractivity contribution in [2.75, 3.05) is 39.8 Å². The van der Waals surface area contributed by atoms with Crippen LogP contribution >= 0.6 is 0 Å². The Kier molecular flexibility index (Phi) is 9.36. The number of benzene rings is 2. The Labute approximate surface area is 235 Å². The van der Waals surface area contributed by atoms with Crippen LogP contribution in [0.25, 0.3) is 0 Å². The Morgan fingerprint density at radius 3 is 2.48 bits per heavy atom. The first-order valence-electron chi connectivity index (χ1n) is 14.8. The van der Waals surface area contributed by atoms with Gasteiger partial charge in [-0.15, -0.1) is 0 Å². The number of piperidine rings is 1. The normalized spacial score (nSPS) is 23.4. The first-order valence-corrected chi connectivity index (χ1v) is 14.8. The van der Waals surface area contributed by atoms with Crippen LogP contribution in [0.1, 0.15) is 62.0 Å². The summed E-state index contributed by atoms with van der Waals surface area (Å²) in [5.74, 6) is -0.473. The number of likely N-dealkylation sites (tertiary alicyclic amines) is 2. The lowest BCUT2D eigenvalue weighted by Crippen LogP contribution is -2.41. The van der Waals surface area contributed by atoms with Gasteiger partial charge in [-0.1, -0.05) is 31.4 Å². The van der Waals surface area contributed by atoms with E-state index in [9.17, 15) is 23.1 Å². The molecule has 3 atom stereocenters.